The highest BCUT2D eigenvalue weighted by Gasteiger charge is 2.11. The zero-order valence-electron chi connectivity index (χ0n) is 10.9. The number of aliphatic hydroxyl groups excluding tert-OH is 1. The summed E-state index contributed by atoms with van der Waals surface area (Å²) >= 11 is 0. The van der Waals surface area contributed by atoms with E-state index in [1.165, 1.54) is 6.07 Å². The third kappa shape index (κ3) is 3.94. The van der Waals surface area contributed by atoms with Crippen molar-refractivity contribution in [2.75, 3.05) is 0 Å². The number of ether oxygens (including phenoxy) is 1. The van der Waals surface area contributed by atoms with E-state index in [-0.39, 0.29) is 5.56 Å². The summed E-state index contributed by atoms with van der Waals surface area (Å²) in [6, 6.07) is 15.4. The van der Waals surface area contributed by atoms with E-state index in [9.17, 15) is 14.7 Å². The Kier molecular flexibility index (Phi) is 4.36. The topological polar surface area (TPSA) is 83.8 Å². The van der Waals surface area contributed by atoms with Crippen LogP contribution in [0.2, 0.25) is 0 Å². The van der Waals surface area contributed by atoms with Crippen LogP contribution in [-0.2, 0) is 9.59 Å². The molecule has 0 atom stereocenters. The molecule has 5 heteroatoms. The zero-order valence-corrected chi connectivity index (χ0v) is 10.9. The van der Waals surface area contributed by atoms with Crippen LogP contribution in [0.5, 0.6) is 11.5 Å². The van der Waals surface area contributed by atoms with Crippen LogP contribution >= 0.6 is 0 Å². The summed E-state index contributed by atoms with van der Waals surface area (Å²) in [5.74, 6) is -2.16. The molecule has 2 N–H and O–H groups in total. The molecule has 0 spiro atoms. The third-order valence-corrected chi connectivity index (χ3v) is 2.59. The summed E-state index contributed by atoms with van der Waals surface area (Å²) in [6.07, 6.45) is 0.657. The summed E-state index contributed by atoms with van der Waals surface area (Å²) in [7, 11) is 0. The molecular weight excluding hydrogens is 272 g/mol. The number of hydrogen-bond donors (Lipinski definition) is 2. The molecule has 0 bridgehead atoms. The minimum Gasteiger partial charge on any atom is -0.507 e. The van der Waals surface area contributed by atoms with E-state index in [2.05, 4.69) is 0 Å². The van der Waals surface area contributed by atoms with E-state index in [4.69, 9.17) is 9.84 Å². The van der Waals surface area contributed by atoms with Gasteiger partial charge in [-0.05, 0) is 24.3 Å². The second-order valence-corrected chi connectivity index (χ2v) is 4.14. The normalized spacial score (nSPS) is 11.0. The molecule has 2 aromatic carbocycles. The van der Waals surface area contributed by atoms with Crippen molar-refractivity contribution in [1.82, 2.24) is 0 Å². The Morgan fingerprint density at radius 2 is 1.57 bits per heavy atom. The van der Waals surface area contributed by atoms with Crippen LogP contribution in [0.25, 0.3) is 5.76 Å². The molecule has 0 aliphatic rings. The molecule has 0 aliphatic heterocycles. The van der Waals surface area contributed by atoms with Crippen molar-refractivity contribution < 1.29 is 24.5 Å². The van der Waals surface area contributed by atoms with Gasteiger partial charge < -0.3 is 14.9 Å². The Morgan fingerprint density at radius 3 is 2.24 bits per heavy atom. The van der Waals surface area contributed by atoms with E-state index in [0.29, 0.717) is 17.6 Å². The minimum atomic E-state index is -1.63. The molecule has 106 valence electrons. The van der Waals surface area contributed by atoms with E-state index >= 15 is 0 Å². The number of aliphatic hydroxyl groups is 1. The second-order valence-electron chi connectivity index (χ2n) is 4.14. The van der Waals surface area contributed by atoms with Gasteiger partial charge in [-0.1, -0.05) is 30.3 Å². The SMILES string of the molecule is O=C(O)C(=O)/C=C(\O)c1cccc(Oc2ccccc2)c1. The highest BCUT2D eigenvalue weighted by molar-refractivity contribution is 6.38. The number of hydrogen-bond acceptors (Lipinski definition) is 4. The van der Waals surface area contributed by atoms with Crippen molar-refractivity contribution in [1.29, 1.82) is 0 Å². The lowest BCUT2D eigenvalue weighted by atomic mass is 10.1. The van der Waals surface area contributed by atoms with Gasteiger partial charge >= 0.3 is 5.97 Å². The fourth-order valence-corrected chi connectivity index (χ4v) is 1.61. The average molecular weight is 284 g/mol. The van der Waals surface area contributed by atoms with Crippen LogP contribution in [0.4, 0.5) is 0 Å². The zero-order chi connectivity index (χ0) is 15.2. The Bertz CT molecular complexity index is 689. The minimum absolute atomic E-state index is 0.290. The summed E-state index contributed by atoms with van der Waals surface area (Å²) < 4.78 is 5.58. The van der Waals surface area contributed by atoms with Crippen molar-refractivity contribution in [3.63, 3.8) is 0 Å². The molecule has 0 saturated heterocycles. The molecule has 0 heterocycles. The van der Waals surface area contributed by atoms with Crippen LogP contribution in [-0.4, -0.2) is 22.0 Å². The van der Waals surface area contributed by atoms with Crippen LogP contribution < -0.4 is 4.74 Å². The first-order chi connectivity index (χ1) is 10.1. The lowest BCUT2D eigenvalue weighted by molar-refractivity contribution is -0.146. The predicted octanol–water partition coefficient (Wildman–Crippen LogP) is 3.03. The number of carboxylic acids is 1. The second kappa shape index (κ2) is 6.38. The van der Waals surface area contributed by atoms with Gasteiger partial charge in [0.25, 0.3) is 5.78 Å². The van der Waals surface area contributed by atoms with Gasteiger partial charge in [0.2, 0.25) is 0 Å². The van der Waals surface area contributed by atoms with Gasteiger partial charge in [-0.3, -0.25) is 4.79 Å². The van der Waals surface area contributed by atoms with Gasteiger partial charge in [0.1, 0.15) is 17.3 Å². The number of carboxylic acid groups (broad SMARTS) is 1. The first-order valence-electron chi connectivity index (χ1n) is 6.07. The number of carbonyl (C=O) groups is 2. The van der Waals surface area contributed by atoms with E-state index in [1.807, 2.05) is 18.2 Å². The van der Waals surface area contributed by atoms with Crippen molar-refractivity contribution in [2.45, 2.75) is 0 Å². The Morgan fingerprint density at radius 1 is 0.905 bits per heavy atom. The molecule has 0 radical (unpaired) electrons. The number of ketones is 1. The molecule has 0 aromatic heterocycles. The quantitative estimate of drug-likeness (QED) is 0.501. The maximum absolute atomic E-state index is 11.0. The van der Waals surface area contributed by atoms with Crippen LogP contribution in [0.3, 0.4) is 0 Å². The van der Waals surface area contributed by atoms with Gasteiger partial charge in [-0.2, -0.15) is 0 Å². The Balaban J connectivity index is 2.22. The van der Waals surface area contributed by atoms with Crippen LogP contribution in [0, 0.1) is 0 Å². The van der Waals surface area contributed by atoms with Crippen molar-refractivity contribution in [3.8, 4) is 11.5 Å². The van der Waals surface area contributed by atoms with Crippen molar-refractivity contribution in [2.24, 2.45) is 0 Å². The molecule has 0 unspecified atom stereocenters. The molecular formula is C16H12O5. The molecule has 0 amide bonds. The predicted molar refractivity (Wildman–Crippen MR) is 76.2 cm³/mol. The fourth-order valence-electron chi connectivity index (χ4n) is 1.61. The number of aliphatic carboxylic acids is 1. The van der Waals surface area contributed by atoms with Crippen molar-refractivity contribution >= 4 is 17.5 Å². The first kappa shape index (κ1) is 14.3. The van der Waals surface area contributed by atoms with Crippen molar-refractivity contribution in [3.05, 3.63) is 66.2 Å². The summed E-state index contributed by atoms with van der Waals surface area (Å²) in [6.45, 7) is 0. The highest BCUT2D eigenvalue weighted by Crippen LogP contribution is 2.24. The van der Waals surface area contributed by atoms with E-state index in [1.54, 1.807) is 30.3 Å². The molecule has 2 rings (SSSR count). The van der Waals surface area contributed by atoms with Gasteiger partial charge in [0, 0.05) is 11.6 Å². The largest absolute Gasteiger partial charge is 0.507 e. The van der Waals surface area contributed by atoms with E-state index in [0.717, 1.165) is 0 Å². The molecule has 5 nitrogen and oxygen atoms in total. The third-order valence-electron chi connectivity index (χ3n) is 2.59. The van der Waals surface area contributed by atoms with Gasteiger partial charge in [0.05, 0.1) is 0 Å². The number of rotatable bonds is 5. The molecule has 2 aromatic rings. The number of carbonyl (C=O) groups excluding carboxylic acids is 1. The molecule has 21 heavy (non-hydrogen) atoms. The van der Waals surface area contributed by atoms with Crippen LogP contribution in [0.15, 0.2) is 60.7 Å². The van der Waals surface area contributed by atoms with Gasteiger partial charge in [0.15, 0.2) is 0 Å². The van der Waals surface area contributed by atoms with Gasteiger partial charge in [-0.15, -0.1) is 0 Å². The molecule has 0 aliphatic carbocycles. The summed E-state index contributed by atoms with van der Waals surface area (Å²) in [5.41, 5.74) is 0.290. The van der Waals surface area contributed by atoms with Gasteiger partial charge in [-0.25, -0.2) is 4.79 Å². The molecule has 0 saturated carbocycles. The average Bonchev–Trinajstić information content (AvgIpc) is 2.48. The summed E-state index contributed by atoms with van der Waals surface area (Å²) in [5, 5.41) is 18.2. The Labute approximate surface area is 120 Å². The maximum atomic E-state index is 11.0. The standard InChI is InChI=1S/C16H12O5/c17-14(10-15(18)16(19)20)11-5-4-8-13(9-11)21-12-6-2-1-3-7-12/h1-10,17H,(H,19,20)/b14-10-. The number of para-hydroxylation sites is 1. The lowest BCUT2D eigenvalue weighted by Gasteiger charge is -2.07. The Hall–Kier alpha value is -3.08. The lowest BCUT2D eigenvalue weighted by Crippen LogP contribution is -2.09. The maximum Gasteiger partial charge on any atom is 0.376 e. The molecule has 0 fully saturated rings. The number of benzene rings is 2. The highest BCUT2D eigenvalue weighted by atomic mass is 16.5. The van der Waals surface area contributed by atoms with Crippen LogP contribution in [0.1, 0.15) is 5.56 Å². The first-order valence-corrected chi connectivity index (χ1v) is 6.07. The monoisotopic (exact) mass is 284 g/mol. The fraction of sp³-hybridized carbons (Fsp3) is 0. The smallest absolute Gasteiger partial charge is 0.376 e. The summed E-state index contributed by atoms with van der Waals surface area (Å²) in [4.78, 5) is 21.5. The van der Waals surface area contributed by atoms with E-state index < -0.39 is 17.5 Å².